The van der Waals surface area contributed by atoms with Crippen molar-refractivity contribution >= 4 is 5.95 Å². The van der Waals surface area contributed by atoms with Gasteiger partial charge in [-0.2, -0.15) is 0 Å². The molecular weight excluding hydrogens is 222 g/mol. The largest absolute Gasteiger partial charge is 0.347 e. The normalized spacial score (nSPS) is 12.4. The maximum atomic E-state index is 4.23. The molecule has 1 aromatic carbocycles. The highest BCUT2D eigenvalue weighted by Crippen LogP contribution is 2.27. The number of nitrogens with one attached hydrogen (secondary N) is 1. The van der Waals surface area contributed by atoms with E-state index in [9.17, 15) is 0 Å². The molecule has 0 bridgehead atoms. The van der Waals surface area contributed by atoms with E-state index in [2.05, 4.69) is 60.3 Å². The maximum absolute atomic E-state index is 4.23. The maximum Gasteiger partial charge on any atom is 0.223 e. The summed E-state index contributed by atoms with van der Waals surface area (Å²) in [6.07, 6.45) is 3.51. The molecule has 3 heteroatoms. The number of anilines is 1. The molecule has 0 aliphatic carbocycles. The molecule has 0 aliphatic heterocycles. The quantitative estimate of drug-likeness (QED) is 0.888. The molecule has 1 aromatic heterocycles. The van der Waals surface area contributed by atoms with Crippen molar-refractivity contribution in [1.82, 2.24) is 9.97 Å². The van der Waals surface area contributed by atoms with Gasteiger partial charge in [-0.15, -0.1) is 0 Å². The van der Waals surface area contributed by atoms with Crippen molar-refractivity contribution in [3.63, 3.8) is 0 Å². The first-order valence-corrected chi connectivity index (χ1v) is 6.27. The Morgan fingerprint density at radius 3 is 2.28 bits per heavy atom. The van der Waals surface area contributed by atoms with E-state index in [0.717, 1.165) is 0 Å². The summed E-state index contributed by atoms with van der Waals surface area (Å²) in [5.74, 6) is 1.15. The molecule has 1 heterocycles. The highest BCUT2D eigenvalue weighted by molar-refractivity contribution is 5.36. The third kappa shape index (κ3) is 2.86. The third-order valence-corrected chi connectivity index (χ3v) is 3.04. The van der Waals surface area contributed by atoms with Crippen LogP contribution in [0.4, 0.5) is 5.95 Å². The smallest absolute Gasteiger partial charge is 0.223 e. The van der Waals surface area contributed by atoms with E-state index >= 15 is 0 Å². The molecule has 2 aromatic rings. The molecule has 0 saturated heterocycles. The van der Waals surface area contributed by atoms with Crippen LogP contribution in [0.25, 0.3) is 0 Å². The number of aryl methyl sites for hydroxylation is 1. The molecule has 3 nitrogen and oxygen atoms in total. The minimum Gasteiger partial charge on any atom is -0.347 e. The number of rotatable bonds is 4. The standard InChI is InChI=1S/C15H19N3/c1-11(2)14(13-8-5-4-7-12(13)3)18-15-16-9-6-10-17-15/h4-11,14H,1-3H3,(H,16,17,18). The molecule has 0 fully saturated rings. The summed E-state index contributed by atoms with van der Waals surface area (Å²) < 4.78 is 0. The van der Waals surface area contributed by atoms with Gasteiger partial charge in [0.1, 0.15) is 0 Å². The number of nitrogens with zero attached hydrogens (tertiary/aromatic N) is 2. The van der Waals surface area contributed by atoms with Gasteiger partial charge in [0.25, 0.3) is 0 Å². The monoisotopic (exact) mass is 241 g/mol. The molecule has 1 N–H and O–H groups in total. The molecule has 0 radical (unpaired) electrons. The van der Waals surface area contributed by atoms with Crippen LogP contribution >= 0.6 is 0 Å². The summed E-state index contributed by atoms with van der Waals surface area (Å²) in [5.41, 5.74) is 2.60. The predicted octanol–water partition coefficient (Wildman–Crippen LogP) is 3.59. The Labute approximate surface area is 108 Å². The van der Waals surface area contributed by atoms with Crippen LogP contribution in [0.15, 0.2) is 42.7 Å². The van der Waals surface area contributed by atoms with Crippen molar-refractivity contribution in [2.24, 2.45) is 5.92 Å². The van der Waals surface area contributed by atoms with Gasteiger partial charge in [-0.05, 0) is 30.0 Å². The molecule has 2 rings (SSSR count). The van der Waals surface area contributed by atoms with E-state index in [1.165, 1.54) is 11.1 Å². The van der Waals surface area contributed by atoms with Gasteiger partial charge in [-0.3, -0.25) is 0 Å². The van der Waals surface area contributed by atoms with Crippen LogP contribution in [0.3, 0.4) is 0 Å². The van der Waals surface area contributed by atoms with E-state index in [4.69, 9.17) is 0 Å². The van der Waals surface area contributed by atoms with E-state index in [1.807, 2.05) is 6.07 Å². The van der Waals surface area contributed by atoms with Crippen molar-refractivity contribution in [1.29, 1.82) is 0 Å². The van der Waals surface area contributed by atoms with Crippen molar-refractivity contribution in [3.8, 4) is 0 Å². The second-order valence-electron chi connectivity index (χ2n) is 4.80. The number of benzene rings is 1. The molecule has 18 heavy (non-hydrogen) atoms. The van der Waals surface area contributed by atoms with Crippen LogP contribution in [0.5, 0.6) is 0 Å². The van der Waals surface area contributed by atoms with Gasteiger partial charge in [0, 0.05) is 12.4 Å². The molecule has 0 amide bonds. The average Bonchev–Trinajstić information content (AvgIpc) is 2.38. The topological polar surface area (TPSA) is 37.8 Å². The lowest BCUT2D eigenvalue weighted by Gasteiger charge is -2.24. The van der Waals surface area contributed by atoms with Crippen molar-refractivity contribution in [3.05, 3.63) is 53.9 Å². The van der Waals surface area contributed by atoms with Gasteiger partial charge in [0.15, 0.2) is 0 Å². The second kappa shape index (κ2) is 5.63. The Balaban J connectivity index is 2.27. The minimum atomic E-state index is 0.230. The Kier molecular flexibility index (Phi) is 3.92. The number of aromatic nitrogens is 2. The molecule has 1 unspecified atom stereocenters. The lowest BCUT2D eigenvalue weighted by atomic mass is 9.93. The summed E-state index contributed by atoms with van der Waals surface area (Å²) in [7, 11) is 0. The number of hydrogen-bond acceptors (Lipinski definition) is 3. The van der Waals surface area contributed by atoms with Gasteiger partial charge in [0.2, 0.25) is 5.95 Å². The van der Waals surface area contributed by atoms with Crippen LogP contribution < -0.4 is 5.32 Å². The minimum absolute atomic E-state index is 0.230. The Morgan fingerprint density at radius 2 is 1.67 bits per heavy atom. The highest BCUT2D eigenvalue weighted by Gasteiger charge is 2.17. The lowest BCUT2D eigenvalue weighted by molar-refractivity contribution is 0.540. The first kappa shape index (κ1) is 12.6. The van der Waals surface area contributed by atoms with Crippen LogP contribution in [0, 0.1) is 12.8 Å². The molecule has 0 saturated carbocycles. The predicted molar refractivity (Wildman–Crippen MR) is 74.4 cm³/mol. The SMILES string of the molecule is Cc1ccccc1C(Nc1ncccn1)C(C)C. The van der Waals surface area contributed by atoms with Crippen molar-refractivity contribution < 1.29 is 0 Å². The van der Waals surface area contributed by atoms with Crippen molar-refractivity contribution in [2.45, 2.75) is 26.8 Å². The van der Waals surface area contributed by atoms with Crippen LogP contribution in [-0.4, -0.2) is 9.97 Å². The van der Waals surface area contributed by atoms with Gasteiger partial charge >= 0.3 is 0 Å². The zero-order chi connectivity index (χ0) is 13.0. The zero-order valence-corrected chi connectivity index (χ0v) is 11.1. The van der Waals surface area contributed by atoms with Gasteiger partial charge in [-0.1, -0.05) is 38.1 Å². The Hall–Kier alpha value is -1.90. The van der Waals surface area contributed by atoms with Crippen LogP contribution in [0.1, 0.15) is 31.0 Å². The van der Waals surface area contributed by atoms with Gasteiger partial charge in [0.05, 0.1) is 6.04 Å². The summed E-state index contributed by atoms with van der Waals surface area (Å²) in [6, 6.07) is 10.5. The van der Waals surface area contributed by atoms with E-state index in [-0.39, 0.29) is 6.04 Å². The highest BCUT2D eigenvalue weighted by atomic mass is 15.1. The zero-order valence-electron chi connectivity index (χ0n) is 11.1. The summed E-state index contributed by atoms with van der Waals surface area (Å²) in [5, 5.41) is 3.41. The fourth-order valence-electron chi connectivity index (χ4n) is 2.05. The Morgan fingerprint density at radius 1 is 1.00 bits per heavy atom. The first-order chi connectivity index (χ1) is 8.68. The average molecular weight is 241 g/mol. The molecular formula is C15H19N3. The fraction of sp³-hybridized carbons (Fsp3) is 0.333. The Bertz CT molecular complexity index is 494. The first-order valence-electron chi connectivity index (χ1n) is 6.27. The summed E-state index contributed by atoms with van der Waals surface area (Å²) in [4.78, 5) is 8.47. The molecule has 0 aliphatic rings. The summed E-state index contributed by atoms with van der Waals surface area (Å²) in [6.45, 7) is 6.54. The third-order valence-electron chi connectivity index (χ3n) is 3.04. The molecule has 1 atom stereocenters. The molecule has 0 spiro atoms. The van der Waals surface area contributed by atoms with Crippen LogP contribution in [-0.2, 0) is 0 Å². The van der Waals surface area contributed by atoms with Gasteiger partial charge < -0.3 is 5.32 Å². The summed E-state index contributed by atoms with van der Waals surface area (Å²) >= 11 is 0. The second-order valence-corrected chi connectivity index (χ2v) is 4.80. The van der Waals surface area contributed by atoms with Crippen molar-refractivity contribution in [2.75, 3.05) is 5.32 Å². The number of hydrogen-bond donors (Lipinski definition) is 1. The fourth-order valence-corrected chi connectivity index (χ4v) is 2.05. The van der Waals surface area contributed by atoms with Gasteiger partial charge in [-0.25, -0.2) is 9.97 Å². The van der Waals surface area contributed by atoms with Crippen LogP contribution in [0.2, 0.25) is 0 Å². The lowest BCUT2D eigenvalue weighted by Crippen LogP contribution is -2.19. The van der Waals surface area contributed by atoms with E-state index in [0.29, 0.717) is 11.9 Å². The van der Waals surface area contributed by atoms with E-state index < -0.39 is 0 Å². The molecule has 94 valence electrons. The van der Waals surface area contributed by atoms with E-state index in [1.54, 1.807) is 12.4 Å².